The Morgan fingerprint density at radius 3 is 1.75 bits per heavy atom. The quantitative estimate of drug-likeness (QED) is 0.908. The van der Waals surface area contributed by atoms with Crippen LogP contribution < -0.4 is 18.9 Å². The van der Waals surface area contributed by atoms with Crippen LogP contribution in [0.1, 0.15) is 0 Å². The summed E-state index contributed by atoms with van der Waals surface area (Å²) in [6, 6.07) is 9.79. The van der Waals surface area contributed by atoms with E-state index in [-0.39, 0.29) is 5.75 Å². The van der Waals surface area contributed by atoms with Crippen molar-refractivity contribution in [3.05, 3.63) is 36.4 Å². The average Bonchev–Trinajstić information content (AvgIpc) is 2.49. The second kappa shape index (κ2) is 6.06. The Morgan fingerprint density at radius 2 is 1.30 bits per heavy atom. The highest BCUT2D eigenvalue weighted by Gasteiger charge is 2.15. The molecule has 1 N–H and O–H groups in total. The van der Waals surface area contributed by atoms with Gasteiger partial charge in [-0.15, -0.1) is 0 Å². The van der Waals surface area contributed by atoms with Crippen LogP contribution in [0.4, 0.5) is 0 Å². The van der Waals surface area contributed by atoms with E-state index in [4.69, 9.17) is 18.9 Å². The number of aromatic hydroxyl groups is 1. The normalized spacial score (nSPS) is 9.95. The van der Waals surface area contributed by atoms with Crippen LogP contribution in [-0.2, 0) is 0 Å². The van der Waals surface area contributed by atoms with Gasteiger partial charge < -0.3 is 24.1 Å². The zero-order valence-corrected chi connectivity index (χ0v) is 11.5. The highest BCUT2D eigenvalue weighted by Crippen LogP contribution is 2.43. The van der Waals surface area contributed by atoms with Crippen LogP contribution in [0.5, 0.6) is 34.5 Å². The Morgan fingerprint density at radius 1 is 0.750 bits per heavy atom. The molecule has 0 heterocycles. The predicted molar refractivity (Wildman–Crippen MR) is 74.3 cm³/mol. The minimum Gasteiger partial charge on any atom is -0.508 e. The monoisotopic (exact) mass is 276 g/mol. The summed E-state index contributed by atoms with van der Waals surface area (Å²) in [7, 11) is 4.64. The van der Waals surface area contributed by atoms with Crippen molar-refractivity contribution in [3.8, 4) is 34.5 Å². The summed E-state index contributed by atoms with van der Waals surface area (Å²) in [5, 5.41) is 9.27. The van der Waals surface area contributed by atoms with Crippen molar-refractivity contribution in [1.82, 2.24) is 0 Å². The van der Waals surface area contributed by atoms with Gasteiger partial charge in [-0.05, 0) is 24.3 Å². The summed E-state index contributed by atoms with van der Waals surface area (Å²) in [5.74, 6) is 2.78. The first kappa shape index (κ1) is 13.9. The number of phenols is 1. The van der Waals surface area contributed by atoms with Crippen LogP contribution in [0.3, 0.4) is 0 Å². The third-order valence-corrected chi connectivity index (χ3v) is 2.73. The van der Waals surface area contributed by atoms with Crippen LogP contribution in [0.25, 0.3) is 0 Å². The molecular formula is C15H16O5. The lowest BCUT2D eigenvalue weighted by atomic mass is 10.2. The summed E-state index contributed by atoms with van der Waals surface area (Å²) in [5.41, 5.74) is 0. The van der Waals surface area contributed by atoms with E-state index in [2.05, 4.69) is 0 Å². The Balaban J connectivity index is 2.41. The third-order valence-electron chi connectivity index (χ3n) is 2.73. The molecule has 5 heteroatoms. The van der Waals surface area contributed by atoms with E-state index in [0.29, 0.717) is 28.7 Å². The second-order valence-corrected chi connectivity index (χ2v) is 3.96. The van der Waals surface area contributed by atoms with Crippen LogP contribution >= 0.6 is 0 Å². The molecule has 0 aliphatic rings. The first-order valence-corrected chi connectivity index (χ1v) is 5.95. The largest absolute Gasteiger partial charge is 0.508 e. The first-order valence-electron chi connectivity index (χ1n) is 5.95. The summed E-state index contributed by atoms with van der Waals surface area (Å²) in [4.78, 5) is 0. The van der Waals surface area contributed by atoms with Crippen LogP contribution in [0, 0.1) is 0 Å². The van der Waals surface area contributed by atoms with Gasteiger partial charge in [-0.1, -0.05) is 0 Å². The fourth-order valence-corrected chi connectivity index (χ4v) is 1.71. The van der Waals surface area contributed by atoms with Crippen molar-refractivity contribution < 1.29 is 24.1 Å². The van der Waals surface area contributed by atoms with Gasteiger partial charge in [-0.3, -0.25) is 0 Å². The summed E-state index contributed by atoms with van der Waals surface area (Å²) in [6.45, 7) is 0. The minimum absolute atomic E-state index is 0.172. The zero-order chi connectivity index (χ0) is 14.5. The third kappa shape index (κ3) is 2.88. The smallest absolute Gasteiger partial charge is 0.211 e. The number of rotatable bonds is 5. The molecule has 20 heavy (non-hydrogen) atoms. The number of benzene rings is 2. The lowest BCUT2D eigenvalue weighted by molar-refractivity contribution is 0.337. The molecule has 0 bridgehead atoms. The van der Waals surface area contributed by atoms with E-state index in [9.17, 15) is 5.11 Å². The highest BCUT2D eigenvalue weighted by molar-refractivity contribution is 5.57. The van der Waals surface area contributed by atoms with Crippen molar-refractivity contribution in [2.45, 2.75) is 0 Å². The van der Waals surface area contributed by atoms with Crippen LogP contribution in [0.2, 0.25) is 0 Å². The molecule has 0 spiro atoms. The summed E-state index contributed by atoms with van der Waals surface area (Å²) < 4.78 is 21.5. The van der Waals surface area contributed by atoms with E-state index < -0.39 is 0 Å². The second-order valence-electron chi connectivity index (χ2n) is 3.96. The molecule has 5 nitrogen and oxygen atoms in total. The maximum atomic E-state index is 9.27. The van der Waals surface area contributed by atoms with Gasteiger partial charge in [0.15, 0.2) is 11.5 Å². The molecule has 0 aliphatic heterocycles. The SMILES string of the molecule is COc1cc(OC)c(Oc2ccc(O)cc2)c(OC)c1. The number of phenolic OH excluding ortho intramolecular Hbond substituents is 1. The fraction of sp³-hybridized carbons (Fsp3) is 0.200. The van der Waals surface area contributed by atoms with Crippen molar-refractivity contribution in [2.75, 3.05) is 21.3 Å². The van der Waals surface area contributed by atoms with Gasteiger partial charge in [-0.2, -0.15) is 0 Å². The minimum atomic E-state index is 0.172. The highest BCUT2D eigenvalue weighted by atomic mass is 16.5. The van der Waals surface area contributed by atoms with Crippen molar-refractivity contribution in [2.24, 2.45) is 0 Å². The molecule has 0 saturated carbocycles. The molecule has 2 rings (SSSR count). The molecule has 2 aromatic carbocycles. The van der Waals surface area contributed by atoms with Gasteiger partial charge >= 0.3 is 0 Å². The van der Waals surface area contributed by atoms with E-state index in [1.807, 2.05) is 0 Å². The molecule has 0 unspecified atom stereocenters. The van der Waals surface area contributed by atoms with E-state index in [1.165, 1.54) is 26.4 Å². The Hall–Kier alpha value is -2.56. The van der Waals surface area contributed by atoms with Crippen LogP contribution in [-0.4, -0.2) is 26.4 Å². The number of ether oxygens (including phenoxy) is 4. The molecule has 0 aliphatic carbocycles. The molecule has 2 aromatic rings. The lowest BCUT2D eigenvalue weighted by Gasteiger charge is -2.15. The molecule has 0 amide bonds. The van der Waals surface area contributed by atoms with Crippen molar-refractivity contribution >= 4 is 0 Å². The molecule has 0 aromatic heterocycles. The molecule has 0 radical (unpaired) electrons. The molecule has 106 valence electrons. The first-order chi connectivity index (χ1) is 9.67. The molecule has 0 saturated heterocycles. The van der Waals surface area contributed by atoms with Crippen LogP contribution in [0.15, 0.2) is 36.4 Å². The van der Waals surface area contributed by atoms with Gasteiger partial charge in [0.2, 0.25) is 5.75 Å². The van der Waals surface area contributed by atoms with Crippen molar-refractivity contribution in [3.63, 3.8) is 0 Å². The Bertz CT molecular complexity index is 552. The standard InChI is InChI=1S/C15H16O5/c1-17-12-8-13(18-2)15(14(9-12)19-3)20-11-6-4-10(16)5-7-11/h4-9,16H,1-3H3. The zero-order valence-electron chi connectivity index (χ0n) is 11.5. The van der Waals surface area contributed by atoms with Crippen molar-refractivity contribution in [1.29, 1.82) is 0 Å². The number of methoxy groups -OCH3 is 3. The maximum Gasteiger partial charge on any atom is 0.211 e. The topological polar surface area (TPSA) is 57.2 Å². The fourth-order valence-electron chi connectivity index (χ4n) is 1.71. The predicted octanol–water partition coefficient (Wildman–Crippen LogP) is 3.21. The lowest BCUT2D eigenvalue weighted by Crippen LogP contribution is -1.96. The maximum absolute atomic E-state index is 9.27. The van der Waals surface area contributed by atoms with Gasteiger partial charge in [-0.25, -0.2) is 0 Å². The molecule has 0 atom stereocenters. The summed E-state index contributed by atoms with van der Waals surface area (Å²) in [6.07, 6.45) is 0. The van der Waals surface area contributed by atoms with E-state index in [1.54, 1.807) is 31.4 Å². The van der Waals surface area contributed by atoms with Gasteiger partial charge in [0.05, 0.1) is 21.3 Å². The van der Waals surface area contributed by atoms with E-state index >= 15 is 0 Å². The van der Waals surface area contributed by atoms with Gasteiger partial charge in [0.25, 0.3) is 0 Å². The van der Waals surface area contributed by atoms with Gasteiger partial charge in [0, 0.05) is 12.1 Å². The van der Waals surface area contributed by atoms with E-state index in [0.717, 1.165) is 0 Å². The number of hydrogen-bond donors (Lipinski definition) is 1. The Kier molecular flexibility index (Phi) is 4.20. The molecular weight excluding hydrogens is 260 g/mol. The van der Waals surface area contributed by atoms with Gasteiger partial charge in [0.1, 0.15) is 17.2 Å². The number of hydrogen-bond acceptors (Lipinski definition) is 5. The Labute approximate surface area is 117 Å². The average molecular weight is 276 g/mol. The molecule has 0 fully saturated rings. The summed E-state index contributed by atoms with van der Waals surface area (Å²) >= 11 is 0.